The van der Waals surface area contributed by atoms with Gasteiger partial charge in [0, 0.05) is 39.8 Å². The highest BCUT2D eigenvalue weighted by Gasteiger charge is 2.24. The third kappa shape index (κ3) is 7.99. The highest BCUT2D eigenvalue weighted by molar-refractivity contribution is 14.0. The van der Waals surface area contributed by atoms with Gasteiger partial charge in [0.25, 0.3) is 0 Å². The number of hydrogen-bond donors (Lipinski definition) is 2. The Morgan fingerprint density at radius 1 is 1.30 bits per heavy atom. The standard InChI is InChI=1S/C14H28N4O3S.HI/c1-15-14(16-4-5-18-6-8-21-9-7-18)17-11-13-3-2-10-22(19,20)12-13;/h13H,2-12H2,1H3,(H2,15,16,17);1H. The first-order chi connectivity index (χ1) is 10.6. The van der Waals surface area contributed by atoms with Crippen molar-refractivity contribution in [3.8, 4) is 0 Å². The molecule has 7 nitrogen and oxygen atoms in total. The van der Waals surface area contributed by atoms with E-state index in [1.807, 2.05) is 0 Å². The number of aliphatic imine (C=N–C) groups is 1. The molecule has 2 aliphatic rings. The number of ether oxygens (including phenoxy) is 1. The van der Waals surface area contributed by atoms with Crippen molar-refractivity contribution in [3.63, 3.8) is 0 Å². The van der Waals surface area contributed by atoms with Gasteiger partial charge >= 0.3 is 0 Å². The molecule has 23 heavy (non-hydrogen) atoms. The Bertz CT molecular complexity index is 467. The summed E-state index contributed by atoms with van der Waals surface area (Å²) in [6.07, 6.45) is 1.74. The van der Waals surface area contributed by atoms with Gasteiger partial charge in [0.2, 0.25) is 0 Å². The predicted octanol–water partition coefficient (Wildman–Crippen LogP) is -0.0736. The molecule has 2 heterocycles. The Hall–Kier alpha value is -0.130. The monoisotopic (exact) mass is 460 g/mol. The molecule has 2 rings (SSSR count). The number of sulfone groups is 1. The SMILES string of the molecule is CN=C(NCCN1CCOCC1)NCC1CCCS(=O)(=O)C1.I. The molecule has 1 unspecified atom stereocenters. The van der Waals surface area contributed by atoms with Crippen LogP contribution >= 0.6 is 24.0 Å². The number of rotatable bonds is 5. The van der Waals surface area contributed by atoms with Crippen LogP contribution in [0.5, 0.6) is 0 Å². The summed E-state index contributed by atoms with van der Waals surface area (Å²) in [6.45, 7) is 6.02. The smallest absolute Gasteiger partial charge is 0.191 e. The van der Waals surface area contributed by atoms with Crippen LogP contribution in [0.3, 0.4) is 0 Å². The van der Waals surface area contributed by atoms with Crippen molar-refractivity contribution < 1.29 is 13.2 Å². The summed E-state index contributed by atoms with van der Waals surface area (Å²) < 4.78 is 28.6. The quantitative estimate of drug-likeness (QED) is 0.340. The molecule has 2 saturated heterocycles. The fourth-order valence-electron chi connectivity index (χ4n) is 2.90. The third-order valence-electron chi connectivity index (χ3n) is 4.16. The molecule has 2 fully saturated rings. The Morgan fingerprint density at radius 3 is 2.70 bits per heavy atom. The van der Waals surface area contributed by atoms with E-state index in [-0.39, 0.29) is 29.9 Å². The maximum absolute atomic E-state index is 11.6. The minimum atomic E-state index is -2.84. The van der Waals surface area contributed by atoms with Gasteiger partial charge in [-0.1, -0.05) is 0 Å². The summed E-state index contributed by atoms with van der Waals surface area (Å²) in [7, 11) is -1.10. The maximum atomic E-state index is 11.6. The molecule has 2 N–H and O–H groups in total. The summed E-state index contributed by atoms with van der Waals surface area (Å²) in [5.41, 5.74) is 0. The van der Waals surface area contributed by atoms with Gasteiger partial charge in [0.05, 0.1) is 24.7 Å². The zero-order valence-corrected chi connectivity index (χ0v) is 16.9. The van der Waals surface area contributed by atoms with E-state index < -0.39 is 9.84 Å². The summed E-state index contributed by atoms with van der Waals surface area (Å²) in [4.78, 5) is 6.55. The summed E-state index contributed by atoms with van der Waals surface area (Å²) in [5, 5.41) is 6.53. The van der Waals surface area contributed by atoms with Crippen molar-refractivity contribution >= 4 is 39.8 Å². The molecule has 0 bridgehead atoms. The first kappa shape index (κ1) is 20.9. The Kier molecular flexibility index (Phi) is 9.71. The largest absolute Gasteiger partial charge is 0.379 e. The van der Waals surface area contributed by atoms with Crippen LogP contribution < -0.4 is 10.6 Å². The highest BCUT2D eigenvalue weighted by Crippen LogP contribution is 2.17. The molecule has 0 aliphatic carbocycles. The third-order valence-corrected chi connectivity index (χ3v) is 6.05. The van der Waals surface area contributed by atoms with Crippen molar-refractivity contribution in [2.24, 2.45) is 10.9 Å². The molecular weight excluding hydrogens is 431 g/mol. The fraction of sp³-hybridized carbons (Fsp3) is 0.929. The predicted molar refractivity (Wildman–Crippen MR) is 103 cm³/mol. The van der Waals surface area contributed by atoms with Crippen LogP contribution in [0.4, 0.5) is 0 Å². The van der Waals surface area contributed by atoms with E-state index >= 15 is 0 Å². The van der Waals surface area contributed by atoms with Gasteiger partial charge in [-0.2, -0.15) is 0 Å². The first-order valence-electron chi connectivity index (χ1n) is 8.04. The molecule has 0 saturated carbocycles. The summed E-state index contributed by atoms with van der Waals surface area (Å²) in [5.74, 6) is 1.58. The number of morpholine rings is 1. The molecule has 0 spiro atoms. The van der Waals surface area contributed by atoms with E-state index in [9.17, 15) is 8.42 Å². The molecular formula is C14H29IN4O3S. The average molecular weight is 460 g/mol. The fourth-order valence-corrected chi connectivity index (χ4v) is 4.67. The molecule has 9 heteroatoms. The lowest BCUT2D eigenvalue weighted by molar-refractivity contribution is 0.0389. The Labute approximate surface area is 156 Å². The van der Waals surface area contributed by atoms with Gasteiger partial charge in [0.1, 0.15) is 0 Å². The Morgan fingerprint density at radius 2 is 2.04 bits per heavy atom. The minimum Gasteiger partial charge on any atom is -0.379 e. The van der Waals surface area contributed by atoms with E-state index in [1.54, 1.807) is 7.05 Å². The van der Waals surface area contributed by atoms with Gasteiger partial charge in [-0.3, -0.25) is 9.89 Å². The maximum Gasteiger partial charge on any atom is 0.191 e. The lowest BCUT2D eigenvalue weighted by Gasteiger charge is -2.27. The summed E-state index contributed by atoms with van der Waals surface area (Å²) >= 11 is 0. The number of hydrogen-bond acceptors (Lipinski definition) is 5. The van der Waals surface area contributed by atoms with Crippen LogP contribution in [-0.4, -0.2) is 83.8 Å². The van der Waals surface area contributed by atoms with Gasteiger partial charge in [-0.15, -0.1) is 24.0 Å². The van der Waals surface area contributed by atoms with Crippen molar-refractivity contribution in [3.05, 3.63) is 0 Å². The normalized spacial score (nSPS) is 25.4. The highest BCUT2D eigenvalue weighted by atomic mass is 127. The molecule has 136 valence electrons. The zero-order valence-electron chi connectivity index (χ0n) is 13.8. The second-order valence-corrected chi connectivity index (χ2v) is 8.19. The molecule has 0 radical (unpaired) electrons. The Balaban J connectivity index is 0.00000264. The zero-order chi connectivity index (χ0) is 15.8. The van der Waals surface area contributed by atoms with E-state index in [1.165, 1.54) is 0 Å². The summed E-state index contributed by atoms with van der Waals surface area (Å²) in [6, 6.07) is 0. The number of nitrogens with one attached hydrogen (secondary N) is 2. The van der Waals surface area contributed by atoms with E-state index in [2.05, 4.69) is 20.5 Å². The minimum absolute atomic E-state index is 0. The molecule has 2 aliphatic heterocycles. The van der Waals surface area contributed by atoms with Crippen LogP contribution in [0.1, 0.15) is 12.8 Å². The van der Waals surface area contributed by atoms with Crippen LogP contribution in [0.2, 0.25) is 0 Å². The van der Waals surface area contributed by atoms with Crippen molar-refractivity contribution in [1.82, 2.24) is 15.5 Å². The van der Waals surface area contributed by atoms with E-state index in [4.69, 9.17) is 4.74 Å². The van der Waals surface area contributed by atoms with Crippen molar-refractivity contribution in [2.75, 3.05) is 64.5 Å². The lowest BCUT2D eigenvalue weighted by atomic mass is 10.1. The molecule has 1 atom stereocenters. The number of halogens is 1. The van der Waals surface area contributed by atoms with E-state index in [0.29, 0.717) is 18.1 Å². The number of guanidine groups is 1. The van der Waals surface area contributed by atoms with Crippen LogP contribution in [-0.2, 0) is 14.6 Å². The van der Waals surface area contributed by atoms with Crippen LogP contribution in [0, 0.1) is 5.92 Å². The second kappa shape index (κ2) is 10.7. The van der Waals surface area contributed by atoms with Crippen molar-refractivity contribution in [1.29, 1.82) is 0 Å². The number of nitrogens with zero attached hydrogens (tertiary/aromatic N) is 2. The van der Waals surface area contributed by atoms with E-state index in [0.717, 1.165) is 58.2 Å². The van der Waals surface area contributed by atoms with Crippen LogP contribution in [0.25, 0.3) is 0 Å². The lowest BCUT2D eigenvalue weighted by Crippen LogP contribution is -2.46. The average Bonchev–Trinajstić information content (AvgIpc) is 2.51. The van der Waals surface area contributed by atoms with Gasteiger partial charge in [-0.25, -0.2) is 8.42 Å². The molecule has 0 aromatic heterocycles. The van der Waals surface area contributed by atoms with Gasteiger partial charge < -0.3 is 15.4 Å². The van der Waals surface area contributed by atoms with Gasteiger partial charge in [-0.05, 0) is 18.8 Å². The van der Waals surface area contributed by atoms with Gasteiger partial charge in [0.15, 0.2) is 15.8 Å². The molecule has 0 aromatic carbocycles. The topological polar surface area (TPSA) is 83.0 Å². The first-order valence-corrected chi connectivity index (χ1v) is 9.86. The molecule has 0 amide bonds. The second-order valence-electron chi connectivity index (χ2n) is 5.96. The van der Waals surface area contributed by atoms with Crippen molar-refractivity contribution in [2.45, 2.75) is 12.8 Å². The molecule has 0 aromatic rings. The van der Waals surface area contributed by atoms with Crippen LogP contribution in [0.15, 0.2) is 4.99 Å².